The molecule has 0 atom stereocenters. The summed E-state index contributed by atoms with van der Waals surface area (Å²) in [6.45, 7) is 15.1. The molecule has 0 aliphatic carbocycles. The van der Waals surface area contributed by atoms with Crippen molar-refractivity contribution in [2.24, 2.45) is 10.8 Å². The summed E-state index contributed by atoms with van der Waals surface area (Å²) in [5, 5.41) is 1.26. The van der Waals surface area contributed by atoms with Crippen molar-refractivity contribution in [2.45, 2.75) is 115 Å². The SMILES string of the molecule is CCC1(COCCCCCCc2ccc(N(c3ccc(Cl)cc3)c3cc4c(cc3C)-c3cc(C)c(N(c5ccc(Cl)cc5)c5ccc(CCCCCCOCC6(CC)COC6)cc5)cc3S4(=O)=O)cc2)COC1. The van der Waals surface area contributed by atoms with Gasteiger partial charge in [0, 0.05) is 68.0 Å². The molecule has 386 valence electrons. The van der Waals surface area contributed by atoms with Gasteiger partial charge in [0.2, 0.25) is 9.84 Å². The lowest BCUT2D eigenvalue weighted by Gasteiger charge is -2.40. The summed E-state index contributed by atoms with van der Waals surface area (Å²) in [6.07, 6.45) is 13.1. The molecule has 2 saturated heterocycles. The Morgan fingerprint density at radius 1 is 0.493 bits per heavy atom. The van der Waals surface area contributed by atoms with Gasteiger partial charge < -0.3 is 28.7 Å². The average molecular weight is 1040 g/mol. The molecule has 0 saturated carbocycles. The molecule has 3 heterocycles. The van der Waals surface area contributed by atoms with E-state index in [1.807, 2.05) is 72.8 Å². The number of fused-ring (bicyclic) bond motifs is 3. The topological polar surface area (TPSA) is 77.5 Å². The van der Waals surface area contributed by atoms with E-state index in [0.717, 1.165) is 175 Å². The van der Waals surface area contributed by atoms with Crippen LogP contribution in [0.5, 0.6) is 0 Å². The van der Waals surface area contributed by atoms with E-state index in [2.05, 4.69) is 86.0 Å². The van der Waals surface area contributed by atoms with E-state index in [4.69, 9.17) is 42.1 Å². The van der Waals surface area contributed by atoms with Gasteiger partial charge in [-0.2, -0.15) is 0 Å². The van der Waals surface area contributed by atoms with Gasteiger partial charge in [-0.1, -0.05) is 87.0 Å². The van der Waals surface area contributed by atoms with Crippen molar-refractivity contribution in [1.82, 2.24) is 0 Å². The minimum Gasteiger partial charge on any atom is -0.381 e. The fourth-order valence-corrected chi connectivity index (χ4v) is 12.3. The van der Waals surface area contributed by atoms with Crippen molar-refractivity contribution in [3.05, 3.63) is 154 Å². The lowest BCUT2D eigenvalue weighted by atomic mass is 9.84. The van der Waals surface area contributed by atoms with E-state index in [0.29, 0.717) is 31.0 Å². The molecule has 3 aliphatic heterocycles. The lowest BCUT2D eigenvalue weighted by molar-refractivity contribution is -0.150. The monoisotopic (exact) mass is 1040 g/mol. The van der Waals surface area contributed by atoms with E-state index in [1.165, 1.54) is 11.1 Å². The Labute approximate surface area is 444 Å². The minimum absolute atomic E-state index is 0.237. The number of hydrogen-bond donors (Lipinski definition) is 0. The fraction of sp³-hybridized carbons (Fsp3) is 0.419. The molecule has 6 aromatic rings. The Morgan fingerprint density at radius 3 is 1.16 bits per heavy atom. The van der Waals surface area contributed by atoms with E-state index in [1.54, 1.807) is 0 Å². The number of ether oxygens (including phenoxy) is 4. The molecule has 8 nitrogen and oxygen atoms in total. The third kappa shape index (κ3) is 12.2. The maximum atomic E-state index is 15.0. The highest BCUT2D eigenvalue weighted by atomic mass is 35.5. The number of halogens is 2. The van der Waals surface area contributed by atoms with Gasteiger partial charge in [-0.05, 0) is 185 Å². The number of benzene rings is 6. The van der Waals surface area contributed by atoms with Crippen LogP contribution < -0.4 is 9.80 Å². The van der Waals surface area contributed by atoms with Crippen molar-refractivity contribution < 1.29 is 27.4 Å². The summed E-state index contributed by atoms with van der Waals surface area (Å²) in [7, 11) is -3.94. The van der Waals surface area contributed by atoms with Crippen LogP contribution in [0.1, 0.15) is 100 Å². The standard InChI is InChI=1S/C62H72Cl2N2O6S/c1-5-61(41-71-42-61)39-69-33-13-9-7-11-15-47-17-25-51(26-18-47)65(53-29-21-49(63)22-30-53)57-37-59-55(35-45(57)3)56-36-46(4)58(38-60(56)73(59,67)68)66(54-31-23-50(64)24-32-54)52-27-19-48(20-28-52)16-12-8-10-14-34-70-40-62(6-2)43-72-44-62/h17-32,35-38H,5-16,33-34,39-44H2,1-4H3. The van der Waals surface area contributed by atoms with Crippen LogP contribution in [0.25, 0.3) is 11.1 Å². The summed E-state index contributed by atoms with van der Waals surface area (Å²) in [5.74, 6) is 0. The first-order valence-electron chi connectivity index (χ1n) is 26.6. The van der Waals surface area contributed by atoms with Gasteiger partial charge in [-0.3, -0.25) is 0 Å². The van der Waals surface area contributed by atoms with Crippen molar-refractivity contribution in [3.8, 4) is 11.1 Å². The molecule has 0 aromatic heterocycles. The predicted molar refractivity (Wildman–Crippen MR) is 299 cm³/mol. The van der Waals surface area contributed by atoms with Crippen molar-refractivity contribution in [2.75, 3.05) is 62.7 Å². The number of rotatable bonds is 26. The summed E-state index contributed by atoms with van der Waals surface area (Å²) in [4.78, 5) is 4.87. The van der Waals surface area contributed by atoms with Crippen LogP contribution in [0, 0.1) is 24.7 Å². The zero-order valence-corrected chi connectivity index (χ0v) is 45.5. The maximum Gasteiger partial charge on any atom is 0.207 e. The van der Waals surface area contributed by atoms with Crippen molar-refractivity contribution >= 4 is 67.2 Å². The normalized spacial score (nSPS) is 15.8. The van der Waals surface area contributed by atoms with Crippen molar-refractivity contribution in [1.29, 1.82) is 0 Å². The Kier molecular flexibility index (Phi) is 17.4. The molecule has 0 radical (unpaired) electrons. The largest absolute Gasteiger partial charge is 0.381 e. The molecular formula is C62H72Cl2N2O6S. The smallest absolute Gasteiger partial charge is 0.207 e. The van der Waals surface area contributed by atoms with Crippen LogP contribution in [0.2, 0.25) is 10.0 Å². The molecular weight excluding hydrogens is 972 g/mol. The second kappa shape index (κ2) is 23.9. The molecule has 0 spiro atoms. The lowest BCUT2D eigenvalue weighted by Crippen LogP contribution is -2.45. The van der Waals surface area contributed by atoms with Crippen LogP contribution in [0.3, 0.4) is 0 Å². The number of unbranched alkanes of at least 4 members (excludes halogenated alkanes) is 6. The molecule has 0 amide bonds. The molecule has 6 aromatic carbocycles. The van der Waals surface area contributed by atoms with Gasteiger partial charge in [0.1, 0.15) is 0 Å². The molecule has 73 heavy (non-hydrogen) atoms. The van der Waals surface area contributed by atoms with Crippen molar-refractivity contribution in [3.63, 3.8) is 0 Å². The van der Waals surface area contributed by atoms with Crippen LogP contribution in [0.15, 0.2) is 131 Å². The highest BCUT2D eigenvalue weighted by Crippen LogP contribution is 2.51. The Balaban J connectivity index is 0.902. The second-order valence-electron chi connectivity index (χ2n) is 20.9. The number of sulfone groups is 1. The number of hydrogen-bond acceptors (Lipinski definition) is 8. The molecule has 9 rings (SSSR count). The highest BCUT2D eigenvalue weighted by Gasteiger charge is 2.39. The van der Waals surface area contributed by atoms with Gasteiger partial charge in [-0.15, -0.1) is 0 Å². The Bertz CT molecular complexity index is 2700. The third-order valence-corrected chi connectivity index (χ3v) is 17.8. The Hall–Kier alpha value is -4.71. The summed E-state index contributed by atoms with van der Waals surface area (Å²) in [6, 6.07) is 40.6. The summed E-state index contributed by atoms with van der Waals surface area (Å²) < 4.78 is 52.9. The van der Waals surface area contributed by atoms with Crippen LogP contribution >= 0.6 is 23.2 Å². The zero-order chi connectivity index (χ0) is 51.0. The molecule has 0 unspecified atom stereocenters. The molecule has 0 N–H and O–H groups in total. The highest BCUT2D eigenvalue weighted by molar-refractivity contribution is 7.92. The molecule has 2 fully saturated rings. The quantitative estimate of drug-likeness (QED) is 0.0497. The van der Waals surface area contributed by atoms with E-state index in [-0.39, 0.29) is 10.8 Å². The Morgan fingerprint density at radius 2 is 0.836 bits per heavy atom. The minimum atomic E-state index is -3.94. The van der Waals surface area contributed by atoms with Gasteiger partial charge in [0.15, 0.2) is 0 Å². The van der Waals surface area contributed by atoms with Gasteiger partial charge in [0.05, 0.1) is 60.8 Å². The third-order valence-electron chi connectivity index (χ3n) is 15.5. The zero-order valence-electron chi connectivity index (χ0n) is 43.2. The van der Waals surface area contributed by atoms with Gasteiger partial charge in [-0.25, -0.2) is 8.42 Å². The number of anilines is 6. The first-order valence-corrected chi connectivity index (χ1v) is 28.8. The number of aryl methyl sites for hydroxylation is 4. The second-order valence-corrected chi connectivity index (χ2v) is 23.6. The summed E-state index contributed by atoms with van der Waals surface area (Å²) in [5.41, 5.74) is 11.6. The van der Waals surface area contributed by atoms with E-state index < -0.39 is 9.84 Å². The van der Waals surface area contributed by atoms with Gasteiger partial charge >= 0.3 is 0 Å². The average Bonchev–Trinajstić information content (AvgIpc) is 3.57. The van der Waals surface area contributed by atoms with Gasteiger partial charge in [0.25, 0.3) is 0 Å². The maximum absolute atomic E-state index is 15.0. The molecule has 0 bridgehead atoms. The predicted octanol–water partition coefficient (Wildman–Crippen LogP) is 16.5. The fourth-order valence-electron chi connectivity index (χ4n) is 10.4. The molecule has 3 aliphatic rings. The van der Waals surface area contributed by atoms with Crippen LogP contribution in [-0.4, -0.2) is 61.3 Å². The molecule has 11 heteroatoms. The van der Waals surface area contributed by atoms with E-state index in [9.17, 15) is 0 Å². The number of nitrogens with zero attached hydrogens (tertiary/aromatic N) is 2. The van der Waals surface area contributed by atoms with Crippen LogP contribution in [-0.2, 0) is 41.6 Å². The summed E-state index contributed by atoms with van der Waals surface area (Å²) >= 11 is 12.9. The van der Waals surface area contributed by atoms with Crippen LogP contribution in [0.4, 0.5) is 34.1 Å². The first-order chi connectivity index (χ1) is 35.4. The van der Waals surface area contributed by atoms with E-state index >= 15 is 8.42 Å². The first kappa shape index (κ1) is 53.1.